The number of amides is 1. The average molecular weight is 339 g/mol. The van der Waals surface area contributed by atoms with Crippen LogP contribution in [-0.4, -0.2) is 23.4 Å². The van der Waals surface area contributed by atoms with Gasteiger partial charge in [-0.1, -0.05) is 11.6 Å². The first kappa shape index (κ1) is 15.5. The minimum atomic E-state index is -0.419. The molecule has 1 N–H and O–H groups in total. The van der Waals surface area contributed by atoms with Crippen molar-refractivity contribution < 1.29 is 9.18 Å². The molecular formula is C16H16ClFN2OS. The molecule has 2 heterocycles. The average Bonchev–Trinajstić information content (AvgIpc) is 2.96. The predicted octanol–water partition coefficient (Wildman–Crippen LogP) is 3.93. The number of fused-ring (bicyclic) bond motifs is 1. The molecule has 116 valence electrons. The molecule has 0 saturated heterocycles. The van der Waals surface area contributed by atoms with Crippen LogP contribution in [0.15, 0.2) is 29.6 Å². The molecule has 2 aromatic rings. The summed E-state index contributed by atoms with van der Waals surface area (Å²) < 4.78 is 13.0. The van der Waals surface area contributed by atoms with Crippen LogP contribution in [0.2, 0.25) is 5.02 Å². The molecule has 22 heavy (non-hydrogen) atoms. The van der Waals surface area contributed by atoms with Crippen molar-refractivity contribution in [1.82, 2.24) is 4.90 Å². The van der Waals surface area contributed by atoms with Crippen molar-refractivity contribution >= 4 is 34.5 Å². The van der Waals surface area contributed by atoms with Gasteiger partial charge in [0.25, 0.3) is 0 Å². The maximum absolute atomic E-state index is 13.0. The summed E-state index contributed by atoms with van der Waals surface area (Å²) in [4.78, 5) is 15.9. The van der Waals surface area contributed by atoms with Gasteiger partial charge in [0, 0.05) is 18.0 Å². The molecule has 1 aliphatic heterocycles. The van der Waals surface area contributed by atoms with Crippen LogP contribution in [-0.2, 0) is 17.8 Å². The zero-order valence-electron chi connectivity index (χ0n) is 12.1. The van der Waals surface area contributed by atoms with Crippen molar-refractivity contribution in [3.05, 3.63) is 50.9 Å². The van der Waals surface area contributed by atoms with Crippen LogP contribution in [0.4, 0.5) is 10.1 Å². The third-order valence-corrected chi connectivity index (χ3v) is 5.29. The van der Waals surface area contributed by atoms with Crippen molar-refractivity contribution in [2.75, 3.05) is 11.9 Å². The van der Waals surface area contributed by atoms with E-state index in [0.717, 1.165) is 19.5 Å². The first-order chi connectivity index (χ1) is 10.5. The maximum atomic E-state index is 13.0. The van der Waals surface area contributed by atoms with E-state index in [1.165, 1.54) is 28.6 Å². The largest absolute Gasteiger partial charge is 0.323 e. The SMILES string of the molecule is CC(C(=O)Nc1ccc(F)cc1Cl)N1CCc2sccc2C1. The lowest BCUT2D eigenvalue weighted by Crippen LogP contribution is -2.44. The smallest absolute Gasteiger partial charge is 0.241 e. The van der Waals surface area contributed by atoms with E-state index in [1.54, 1.807) is 11.3 Å². The molecule has 3 nitrogen and oxygen atoms in total. The highest BCUT2D eigenvalue weighted by molar-refractivity contribution is 7.10. The molecule has 6 heteroatoms. The number of benzene rings is 1. The van der Waals surface area contributed by atoms with Crippen LogP contribution in [0.5, 0.6) is 0 Å². The lowest BCUT2D eigenvalue weighted by molar-refractivity contribution is -0.121. The predicted molar refractivity (Wildman–Crippen MR) is 87.9 cm³/mol. The van der Waals surface area contributed by atoms with Gasteiger partial charge in [-0.3, -0.25) is 9.69 Å². The van der Waals surface area contributed by atoms with E-state index in [1.807, 2.05) is 6.92 Å². The Morgan fingerprint density at radius 2 is 2.27 bits per heavy atom. The third-order valence-electron chi connectivity index (χ3n) is 3.95. The summed E-state index contributed by atoms with van der Waals surface area (Å²) in [5, 5.41) is 5.08. The molecule has 3 rings (SSSR count). The molecule has 0 aliphatic carbocycles. The van der Waals surface area contributed by atoms with Gasteiger partial charge in [0.15, 0.2) is 0 Å². The van der Waals surface area contributed by atoms with Crippen LogP contribution in [0.1, 0.15) is 17.4 Å². The summed E-state index contributed by atoms with van der Waals surface area (Å²) >= 11 is 7.72. The van der Waals surface area contributed by atoms with Crippen molar-refractivity contribution in [2.45, 2.75) is 25.9 Å². The van der Waals surface area contributed by atoms with Crippen molar-refractivity contribution in [3.63, 3.8) is 0 Å². The zero-order chi connectivity index (χ0) is 15.7. The second-order valence-corrected chi connectivity index (χ2v) is 6.79. The number of anilines is 1. The van der Waals surface area contributed by atoms with E-state index in [2.05, 4.69) is 21.7 Å². The molecule has 0 radical (unpaired) electrons. The molecule has 1 unspecified atom stereocenters. The summed E-state index contributed by atoms with van der Waals surface area (Å²) in [6, 6.07) is 5.81. The van der Waals surface area contributed by atoms with Gasteiger partial charge in [-0.15, -0.1) is 11.3 Å². The minimum Gasteiger partial charge on any atom is -0.323 e. The van der Waals surface area contributed by atoms with Crippen LogP contribution in [0.25, 0.3) is 0 Å². The summed E-state index contributed by atoms with van der Waals surface area (Å²) in [5.41, 5.74) is 1.74. The Labute approximate surface area is 137 Å². The standard InChI is InChI=1S/C16H16ClFN2OS/c1-10(20-6-4-15-11(9-20)5-7-22-15)16(21)19-14-3-2-12(18)8-13(14)17/h2-3,5,7-8,10H,4,6,9H2,1H3,(H,19,21). The molecule has 0 fully saturated rings. The highest BCUT2D eigenvalue weighted by atomic mass is 35.5. The van der Waals surface area contributed by atoms with Crippen molar-refractivity contribution in [2.24, 2.45) is 0 Å². The van der Waals surface area contributed by atoms with Crippen molar-refractivity contribution in [3.8, 4) is 0 Å². The van der Waals surface area contributed by atoms with Crippen LogP contribution in [0, 0.1) is 5.82 Å². The fourth-order valence-corrected chi connectivity index (χ4v) is 3.70. The Bertz CT molecular complexity index is 703. The number of carbonyl (C=O) groups excluding carboxylic acids is 1. The van der Waals surface area contributed by atoms with Gasteiger partial charge in [0.05, 0.1) is 16.8 Å². The second kappa shape index (κ2) is 6.36. The monoisotopic (exact) mass is 338 g/mol. The summed E-state index contributed by atoms with van der Waals surface area (Å²) in [5.74, 6) is -0.552. The Balaban J connectivity index is 1.67. The number of rotatable bonds is 3. The molecule has 1 atom stereocenters. The number of nitrogens with one attached hydrogen (secondary N) is 1. The van der Waals surface area contributed by atoms with Gasteiger partial charge in [0.2, 0.25) is 5.91 Å². The van der Waals surface area contributed by atoms with E-state index in [-0.39, 0.29) is 17.0 Å². The summed E-state index contributed by atoms with van der Waals surface area (Å²) in [6.07, 6.45) is 0.974. The number of halogens is 2. The second-order valence-electron chi connectivity index (χ2n) is 5.38. The molecule has 1 aromatic heterocycles. The fraction of sp³-hybridized carbons (Fsp3) is 0.312. The van der Waals surface area contributed by atoms with E-state index in [0.29, 0.717) is 5.69 Å². The topological polar surface area (TPSA) is 32.3 Å². The maximum Gasteiger partial charge on any atom is 0.241 e. The minimum absolute atomic E-state index is 0.132. The number of carbonyl (C=O) groups is 1. The van der Waals surface area contributed by atoms with Gasteiger partial charge >= 0.3 is 0 Å². The van der Waals surface area contributed by atoms with Gasteiger partial charge in [-0.25, -0.2) is 4.39 Å². The first-order valence-electron chi connectivity index (χ1n) is 7.10. The zero-order valence-corrected chi connectivity index (χ0v) is 13.7. The lowest BCUT2D eigenvalue weighted by Gasteiger charge is -2.31. The molecule has 0 spiro atoms. The third kappa shape index (κ3) is 3.16. The van der Waals surface area contributed by atoms with E-state index in [4.69, 9.17) is 11.6 Å². The quantitative estimate of drug-likeness (QED) is 0.919. The first-order valence-corrected chi connectivity index (χ1v) is 8.35. The Hall–Kier alpha value is -1.43. The van der Waals surface area contributed by atoms with Crippen LogP contribution in [0.3, 0.4) is 0 Å². The molecule has 0 bridgehead atoms. The normalized spacial score (nSPS) is 16.1. The van der Waals surface area contributed by atoms with E-state index < -0.39 is 5.82 Å². The number of nitrogens with zero attached hydrogens (tertiary/aromatic N) is 1. The Morgan fingerprint density at radius 3 is 3.05 bits per heavy atom. The highest BCUT2D eigenvalue weighted by Crippen LogP contribution is 2.26. The molecule has 1 aromatic carbocycles. The van der Waals surface area contributed by atoms with E-state index in [9.17, 15) is 9.18 Å². The molecule has 0 saturated carbocycles. The van der Waals surface area contributed by atoms with Crippen LogP contribution >= 0.6 is 22.9 Å². The Morgan fingerprint density at radius 1 is 1.45 bits per heavy atom. The molecular weight excluding hydrogens is 323 g/mol. The molecule has 1 aliphatic rings. The summed E-state index contributed by atoms with van der Waals surface area (Å²) in [6.45, 7) is 3.52. The number of thiophene rings is 1. The molecule has 1 amide bonds. The fourth-order valence-electron chi connectivity index (χ4n) is 2.59. The van der Waals surface area contributed by atoms with Gasteiger partial charge < -0.3 is 5.32 Å². The number of hydrogen-bond acceptors (Lipinski definition) is 3. The van der Waals surface area contributed by atoms with Gasteiger partial charge in [-0.2, -0.15) is 0 Å². The highest BCUT2D eigenvalue weighted by Gasteiger charge is 2.26. The van der Waals surface area contributed by atoms with Gasteiger partial charge in [-0.05, 0) is 48.6 Å². The van der Waals surface area contributed by atoms with Gasteiger partial charge in [0.1, 0.15) is 5.82 Å². The van der Waals surface area contributed by atoms with Crippen molar-refractivity contribution in [1.29, 1.82) is 0 Å². The van der Waals surface area contributed by atoms with E-state index >= 15 is 0 Å². The summed E-state index contributed by atoms with van der Waals surface area (Å²) in [7, 11) is 0. The Kier molecular flexibility index (Phi) is 4.47. The van der Waals surface area contributed by atoms with Crippen LogP contribution < -0.4 is 5.32 Å². The number of hydrogen-bond donors (Lipinski definition) is 1. The lowest BCUT2D eigenvalue weighted by atomic mass is 10.1.